The van der Waals surface area contributed by atoms with Gasteiger partial charge < -0.3 is 15.5 Å². The fourth-order valence-corrected chi connectivity index (χ4v) is 2.61. The van der Waals surface area contributed by atoms with Crippen molar-refractivity contribution in [3.63, 3.8) is 0 Å². The molecule has 0 atom stereocenters. The first kappa shape index (κ1) is 20.7. The van der Waals surface area contributed by atoms with Crippen LogP contribution in [0.4, 0.5) is 0 Å². The molecule has 1 aliphatic heterocycles. The van der Waals surface area contributed by atoms with Gasteiger partial charge in [-0.15, -0.1) is 24.0 Å². The molecule has 24 heavy (non-hydrogen) atoms. The highest BCUT2D eigenvalue weighted by molar-refractivity contribution is 14.0. The first-order chi connectivity index (χ1) is 11.3. The monoisotopic (exact) mass is 448 g/mol. The van der Waals surface area contributed by atoms with Gasteiger partial charge in [0, 0.05) is 58.1 Å². The van der Waals surface area contributed by atoms with Gasteiger partial charge in [0.05, 0.1) is 0 Å². The lowest BCUT2D eigenvalue weighted by molar-refractivity contribution is -0.129. The molecule has 1 aliphatic rings. The number of amides is 1. The molecule has 1 aromatic rings. The fourth-order valence-electron chi connectivity index (χ4n) is 2.61. The van der Waals surface area contributed by atoms with Crippen LogP contribution in [0, 0.1) is 0 Å². The van der Waals surface area contributed by atoms with Gasteiger partial charge in [0.15, 0.2) is 5.96 Å². The normalized spacial score (nSPS) is 14.4. The molecule has 0 bridgehead atoms. The molecule has 0 aromatic carbocycles. The number of aryl methyl sites for hydroxylation is 1. The molecule has 2 N–H and O–H groups in total. The van der Waals surface area contributed by atoms with Crippen molar-refractivity contribution in [2.45, 2.75) is 39.2 Å². The molecule has 1 amide bonds. The quantitative estimate of drug-likeness (QED) is 0.273. The van der Waals surface area contributed by atoms with Gasteiger partial charge in [0.25, 0.3) is 0 Å². The SMILES string of the molecule is CCNC(=NCCCn1cccn1)NCCC(=O)N1CCCC1.I. The summed E-state index contributed by atoms with van der Waals surface area (Å²) in [6.45, 7) is 6.90. The van der Waals surface area contributed by atoms with E-state index >= 15 is 0 Å². The standard InChI is InChI=1S/C16H28N6O.HI/c1-2-17-16(18-8-5-13-22-14-6-9-20-22)19-10-7-15(23)21-11-3-4-12-21;/h6,9,14H,2-5,7-8,10-13H2,1H3,(H2,17,18,19);1H. The first-order valence-corrected chi connectivity index (χ1v) is 8.57. The van der Waals surface area contributed by atoms with E-state index < -0.39 is 0 Å². The number of carbonyl (C=O) groups excluding carboxylic acids is 1. The van der Waals surface area contributed by atoms with Crippen LogP contribution in [0.3, 0.4) is 0 Å². The first-order valence-electron chi connectivity index (χ1n) is 8.57. The van der Waals surface area contributed by atoms with E-state index in [9.17, 15) is 4.79 Å². The number of aromatic nitrogens is 2. The average molecular weight is 448 g/mol. The van der Waals surface area contributed by atoms with E-state index in [2.05, 4.69) is 20.7 Å². The third kappa shape index (κ3) is 7.50. The number of nitrogens with zero attached hydrogens (tertiary/aromatic N) is 4. The summed E-state index contributed by atoms with van der Waals surface area (Å²) in [5.74, 6) is 1.02. The van der Waals surface area contributed by atoms with Crippen molar-refractivity contribution < 1.29 is 4.79 Å². The Bertz CT molecular complexity index is 485. The van der Waals surface area contributed by atoms with Gasteiger partial charge >= 0.3 is 0 Å². The predicted octanol–water partition coefficient (Wildman–Crippen LogP) is 1.46. The molecular formula is C16H29IN6O. The molecule has 7 nitrogen and oxygen atoms in total. The Morgan fingerprint density at radius 1 is 1.29 bits per heavy atom. The summed E-state index contributed by atoms with van der Waals surface area (Å²) in [4.78, 5) is 18.5. The Morgan fingerprint density at radius 2 is 2.08 bits per heavy atom. The van der Waals surface area contributed by atoms with E-state index in [-0.39, 0.29) is 29.9 Å². The minimum absolute atomic E-state index is 0. The van der Waals surface area contributed by atoms with Crippen LogP contribution in [0.1, 0.15) is 32.6 Å². The van der Waals surface area contributed by atoms with Crippen LogP contribution in [0.5, 0.6) is 0 Å². The second-order valence-corrected chi connectivity index (χ2v) is 5.65. The highest BCUT2D eigenvalue weighted by Gasteiger charge is 2.17. The van der Waals surface area contributed by atoms with Crippen LogP contribution >= 0.6 is 24.0 Å². The average Bonchev–Trinajstić information content (AvgIpc) is 3.24. The Balaban J connectivity index is 0.00000288. The van der Waals surface area contributed by atoms with Gasteiger partial charge in [-0.1, -0.05) is 0 Å². The van der Waals surface area contributed by atoms with Gasteiger partial charge in [-0.25, -0.2) is 0 Å². The molecule has 2 rings (SSSR count). The molecule has 1 aromatic heterocycles. The number of carbonyl (C=O) groups is 1. The fraction of sp³-hybridized carbons (Fsp3) is 0.688. The summed E-state index contributed by atoms with van der Waals surface area (Å²) in [6, 6.07) is 1.92. The lowest BCUT2D eigenvalue weighted by Gasteiger charge is -2.16. The summed E-state index contributed by atoms with van der Waals surface area (Å²) in [6.07, 6.45) is 7.48. The van der Waals surface area contributed by atoms with E-state index in [0.29, 0.717) is 13.0 Å². The number of hydrogen-bond acceptors (Lipinski definition) is 3. The van der Waals surface area contributed by atoms with Crippen molar-refractivity contribution in [2.75, 3.05) is 32.7 Å². The zero-order chi connectivity index (χ0) is 16.3. The maximum Gasteiger partial charge on any atom is 0.224 e. The summed E-state index contributed by atoms with van der Waals surface area (Å²) >= 11 is 0. The van der Waals surface area contributed by atoms with Gasteiger partial charge in [0.2, 0.25) is 5.91 Å². The summed E-state index contributed by atoms with van der Waals surface area (Å²) in [5.41, 5.74) is 0. The molecule has 0 aliphatic carbocycles. The number of guanidine groups is 1. The van der Waals surface area contributed by atoms with Gasteiger partial charge in [-0.05, 0) is 32.3 Å². The van der Waals surface area contributed by atoms with Crippen molar-refractivity contribution in [1.82, 2.24) is 25.3 Å². The number of rotatable bonds is 8. The molecule has 136 valence electrons. The highest BCUT2D eigenvalue weighted by atomic mass is 127. The largest absolute Gasteiger partial charge is 0.357 e. The van der Waals surface area contributed by atoms with E-state index in [1.165, 1.54) is 0 Å². The minimum atomic E-state index is 0. The van der Waals surface area contributed by atoms with Crippen molar-refractivity contribution >= 4 is 35.8 Å². The van der Waals surface area contributed by atoms with Crippen molar-refractivity contribution in [3.8, 4) is 0 Å². The molecule has 0 radical (unpaired) electrons. The maximum absolute atomic E-state index is 12.0. The zero-order valence-corrected chi connectivity index (χ0v) is 16.7. The summed E-state index contributed by atoms with van der Waals surface area (Å²) in [5, 5.41) is 10.6. The van der Waals surface area contributed by atoms with Crippen LogP contribution in [-0.4, -0.2) is 59.3 Å². The van der Waals surface area contributed by atoms with E-state index in [1.807, 2.05) is 28.8 Å². The third-order valence-electron chi connectivity index (χ3n) is 3.81. The maximum atomic E-state index is 12.0. The van der Waals surface area contributed by atoms with Crippen molar-refractivity contribution in [1.29, 1.82) is 0 Å². The smallest absolute Gasteiger partial charge is 0.224 e. The van der Waals surface area contributed by atoms with Gasteiger partial charge in [-0.3, -0.25) is 14.5 Å². The predicted molar refractivity (Wildman–Crippen MR) is 107 cm³/mol. The van der Waals surface area contributed by atoms with Crippen LogP contribution in [-0.2, 0) is 11.3 Å². The molecule has 0 spiro atoms. The summed E-state index contributed by atoms with van der Waals surface area (Å²) < 4.78 is 1.91. The number of hydrogen-bond donors (Lipinski definition) is 2. The minimum Gasteiger partial charge on any atom is -0.357 e. The highest BCUT2D eigenvalue weighted by Crippen LogP contribution is 2.08. The van der Waals surface area contributed by atoms with Crippen molar-refractivity contribution in [3.05, 3.63) is 18.5 Å². The van der Waals surface area contributed by atoms with Crippen LogP contribution in [0.2, 0.25) is 0 Å². The molecule has 8 heteroatoms. The zero-order valence-electron chi connectivity index (χ0n) is 14.4. The topological polar surface area (TPSA) is 74.5 Å². The number of nitrogens with one attached hydrogen (secondary N) is 2. The van der Waals surface area contributed by atoms with E-state index in [1.54, 1.807) is 6.20 Å². The number of aliphatic imine (C=N–C) groups is 1. The lowest BCUT2D eigenvalue weighted by atomic mass is 10.3. The molecule has 2 heterocycles. The Hall–Kier alpha value is -1.32. The van der Waals surface area contributed by atoms with Gasteiger partial charge in [0.1, 0.15) is 0 Å². The Morgan fingerprint density at radius 3 is 2.75 bits per heavy atom. The second-order valence-electron chi connectivity index (χ2n) is 5.65. The lowest BCUT2D eigenvalue weighted by Crippen LogP contribution is -2.39. The molecular weight excluding hydrogens is 419 g/mol. The Labute approximate surface area is 161 Å². The van der Waals surface area contributed by atoms with E-state index in [0.717, 1.165) is 57.9 Å². The van der Waals surface area contributed by atoms with Crippen molar-refractivity contribution in [2.24, 2.45) is 4.99 Å². The van der Waals surface area contributed by atoms with Crippen LogP contribution in [0.15, 0.2) is 23.5 Å². The molecule has 0 saturated carbocycles. The number of halogens is 1. The van der Waals surface area contributed by atoms with E-state index in [4.69, 9.17) is 0 Å². The molecule has 0 unspecified atom stereocenters. The third-order valence-corrected chi connectivity index (χ3v) is 3.81. The number of likely N-dealkylation sites (tertiary alicyclic amines) is 1. The Kier molecular flexibility index (Phi) is 10.4. The van der Waals surface area contributed by atoms with Crippen LogP contribution < -0.4 is 10.6 Å². The molecule has 1 fully saturated rings. The summed E-state index contributed by atoms with van der Waals surface area (Å²) in [7, 11) is 0. The van der Waals surface area contributed by atoms with Crippen LogP contribution in [0.25, 0.3) is 0 Å². The van der Waals surface area contributed by atoms with Gasteiger partial charge in [-0.2, -0.15) is 5.10 Å². The second kappa shape index (κ2) is 12.1. The molecule has 1 saturated heterocycles.